The van der Waals surface area contributed by atoms with Gasteiger partial charge in [-0.25, -0.2) is 20.8 Å². The highest BCUT2D eigenvalue weighted by molar-refractivity contribution is 5.57. The van der Waals surface area contributed by atoms with Crippen molar-refractivity contribution in [2.24, 2.45) is 5.84 Å². The monoisotopic (exact) mass is 262 g/mol. The van der Waals surface area contributed by atoms with Crippen molar-refractivity contribution in [3.63, 3.8) is 0 Å². The largest absolute Gasteiger partial charge is 0.444 e. The summed E-state index contributed by atoms with van der Waals surface area (Å²) in [6.07, 6.45) is 1.69. The molecule has 0 radical (unpaired) electrons. The van der Waals surface area contributed by atoms with Gasteiger partial charge in [-0.2, -0.15) is 0 Å². The average molecular weight is 262 g/mol. The third-order valence-electron chi connectivity index (χ3n) is 2.76. The Hall–Kier alpha value is -2.15. The minimum atomic E-state index is -0.0904. The van der Waals surface area contributed by atoms with E-state index in [-0.39, 0.29) is 6.04 Å². The van der Waals surface area contributed by atoms with Gasteiger partial charge in [-0.15, -0.1) is 0 Å². The van der Waals surface area contributed by atoms with Gasteiger partial charge in [0.1, 0.15) is 29.3 Å². The first-order valence-corrected chi connectivity index (χ1v) is 6.02. The third-order valence-corrected chi connectivity index (χ3v) is 2.76. The van der Waals surface area contributed by atoms with Crippen LogP contribution in [-0.4, -0.2) is 15.0 Å². The molecule has 0 bridgehead atoms. The summed E-state index contributed by atoms with van der Waals surface area (Å²) in [6, 6.07) is -0.0904. The molecule has 0 fully saturated rings. The maximum Gasteiger partial charge on any atom is 0.216 e. The molecule has 0 aliphatic heterocycles. The topological polar surface area (TPSA) is 102 Å². The lowest BCUT2D eigenvalue weighted by Gasteiger charge is -2.15. The molecule has 0 spiro atoms. The van der Waals surface area contributed by atoms with Crippen molar-refractivity contribution in [3.05, 3.63) is 29.2 Å². The fraction of sp³-hybridized carbons (Fsp3) is 0.417. The maximum absolute atomic E-state index is 5.49. The summed E-state index contributed by atoms with van der Waals surface area (Å²) < 4.78 is 5.49. The second-order valence-corrected chi connectivity index (χ2v) is 4.41. The van der Waals surface area contributed by atoms with E-state index >= 15 is 0 Å². The first-order chi connectivity index (χ1) is 9.01. The lowest BCUT2D eigenvalue weighted by Crippen LogP contribution is -2.15. The van der Waals surface area contributed by atoms with Crippen LogP contribution in [0.4, 0.5) is 11.6 Å². The van der Waals surface area contributed by atoms with Crippen LogP contribution >= 0.6 is 0 Å². The Bertz CT molecular complexity index is 580. The number of aromatic nitrogens is 3. The standard InChI is InChI=1S/C12H18N6O/c1-6-5-14-12(19-6)8(3)15-10-7(2)11(18-13)17-9(4)16-10/h5,8H,13H2,1-4H3,(H2,15,16,17,18). The molecule has 0 amide bonds. The molecule has 19 heavy (non-hydrogen) atoms. The minimum Gasteiger partial charge on any atom is -0.444 e. The fourth-order valence-electron chi connectivity index (χ4n) is 1.75. The summed E-state index contributed by atoms with van der Waals surface area (Å²) in [4.78, 5) is 12.8. The normalized spacial score (nSPS) is 12.3. The van der Waals surface area contributed by atoms with Gasteiger partial charge in [-0.05, 0) is 27.7 Å². The Morgan fingerprint density at radius 2 is 1.89 bits per heavy atom. The minimum absolute atomic E-state index is 0.0904. The summed E-state index contributed by atoms with van der Waals surface area (Å²) >= 11 is 0. The van der Waals surface area contributed by atoms with Crippen LogP contribution in [0.15, 0.2) is 10.6 Å². The molecule has 0 aromatic carbocycles. The number of hydrogen-bond donors (Lipinski definition) is 3. The Labute approximate surface area is 111 Å². The molecular formula is C12H18N6O. The average Bonchev–Trinajstić information content (AvgIpc) is 2.80. The summed E-state index contributed by atoms with van der Waals surface area (Å²) in [7, 11) is 0. The van der Waals surface area contributed by atoms with E-state index in [1.165, 1.54) is 0 Å². The summed E-state index contributed by atoms with van der Waals surface area (Å²) in [6.45, 7) is 7.52. The molecule has 7 nitrogen and oxygen atoms in total. The molecule has 102 valence electrons. The highest BCUT2D eigenvalue weighted by atomic mass is 16.4. The molecule has 2 heterocycles. The van der Waals surface area contributed by atoms with Gasteiger partial charge < -0.3 is 15.2 Å². The van der Waals surface area contributed by atoms with Crippen molar-refractivity contribution in [1.29, 1.82) is 0 Å². The molecular weight excluding hydrogens is 244 g/mol. The smallest absolute Gasteiger partial charge is 0.216 e. The zero-order valence-corrected chi connectivity index (χ0v) is 11.5. The van der Waals surface area contributed by atoms with Crippen molar-refractivity contribution in [3.8, 4) is 0 Å². The number of oxazole rings is 1. The van der Waals surface area contributed by atoms with Crippen LogP contribution in [0.1, 0.15) is 36.0 Å². The van der Waals surface area contributed by atoms with Gasteiger partial charge in [0, 0.05) is 5.56 Å². The van der Waals surface area contributed by atoms with Crippen LogP contribution in [0, 0.1) is 20.8 Å². The van der Waals surface area contributed by atoms with Gasteiger partial charge in [0.05, 0.1) is 6.20 Å². The van der Waals surface area contributed by atoms with Crippen LogP contribution in [0.3, 0.4) is 0 Å². The van der Waals surface area contributed by atoms with Crippen molar-refractivity contribution < 1.29 is 4.42 Å². The number of nitrogens with zero attached hydrogens (tertiary/aromatic N) is 3. The molecule has 1 atom stereocenters. The van der Waals surface area contributed by atoms with E-state index in [0.29, 0.717) is 23.4 Å². The van der Waals surface area contributed by atoms with Crippen LogP contribution < -0.4 is 16.6 Å². The van der Waals surface area contributed by atoms with E-state index in [1.807, 2.05) is 27.7 Å². The van der Waals surface area contributed by atoms with Gasteiger partial charge in [-0.1, -0.05) is 0 Å². The van der Waals surface area contributed by atoms with E-state index in [4.69, 9.17) is 10.3 Å². The first-order valence-electron chi connectivity index (χ1n) is 6.02. The second kappa shape index (κ2) is 5.23. The second-order valence-electron chi connectivity index (χ2n) is 4.41. The Balaban J connectivity index is 2.25. The Morgan fingerprint density at radius 1 is 1.21 bits per heavy atom. The van der Waals surface area contributed by atoms with Crippen LogP contribution in [-0.2, 0) is 0 Å². The maximum atomic E-state index is 5.49. The first kappa shape index (κ1) is 13.3. The molecule has 7 heteroatoms. The Morgan fingerprint density at radius 3 is 2.47 bits per heavy atom. The number of aryl methyl sites for hydroxylation is 2. The number of hydrogen-bond acceptors (Lipinski definition) is 7. The van der Waals surface area contributed by atoms with E-state index < -0.39 is 0 Å². The van der Waals surface area contributed by atoms with Gasteiger partial charge in [0.25, 0.3) is 0 Å². The van der Waals surface area contributed by atoms with Crippen LogP contribution in [0.25, 0.3) is 0 Å². The number of nitrogens with two attached hydrogens (primary N) is 1. The SMILES string of the molecule is Cc1nc(NN)c(C)c(NC(C)c2ncc(C)o2)n1. The highest BCUT2D eigenvalue weighted by Gasteiger charge is 2.15. The molecule has 2 aromatic rings. The Kier molecular flexibility index (Phi) is 3.66. The van der Waals surface area contributed by atoms with Crippen molar-refractivity contribution in [2.75, 3.05) is 10.7 Å². The number of hydrazine groups is 1. The van der Waals surface area contributed by atoms with E-state index in [1.54, 1.807) is 6.20 Å². The zero-order chi connectivity index (χ0) is 14.0. The number of rotatable bonds is 4. The summed E-state index contributed by atoms with van der Waals surface area (Å²) in [5.74, 6) is 8.79. The number of nitrogens with one attached hydrogen (secondary N) is 2. The predicted molar refractivity (Wildman–Crippen MR) is 72.6 cm³/mol. The highest BCUT2D eigenvalue weighted by Crippen LogP contribution is 2.23. The number of anilines is 2. The third kappa shape index (κ3) is 2.82. The van der Waals surface area contributed by atoms with Crippen LogP contribution in [0.2, 0.25) is 0 Å². The summed E-state index contributed by atoms with van der Waals surface area (Å²) in [5.41, 5.74) is 3.41. The van der Waals surface area contributed by atoms with E-state index in [0.717, 1.165) is 11.3 Å². The molecule has 0 aliphatic rings. The lowest BCUT2D eigenvalue weighted by molar-refractivity contribution is 0.453. The van der Waals surface area contributed by atoms with Crippen molar-refractivity contribution in [1.82, 2.24) is 15.0 Å². The van der Waals surface area contributed by atoms with Crippen molar-refractivity contribution >= 4 is 11.6 Å². The quantitative estimate of drug-likeness (QED) is 0.570. The molecule has 0 aliphatic carbocycles. The van der Waals surface area contributed by atoms with Crippen molar-refractivity contribution in [2.45, 2.75) is 33.7 Å². The van der Waals surface area contributed by atoms with Gasteiger partial charge in [-0.3, -0.25) is 0 Å². The number of nitrogen functional groups attached to an aromatic ring is 1. The van der Waals surface area contributed by atoms with E-state index in [2.05, 4.69) is 25.7 Å². The van der Waals surface area contributed by atoms with Gasteiger partial charge in [0.2, 0.25) is 5.89 Å². The molecule has 2 rings (SSSR count). The molecule has 0 saturated heterocycles. The molecule has 1 unspecified atom stereocenters. The summed E-state index contributed by atoms with van der Waals surface area (Å²) in [5, 5.41) is 3.25. The molecule has 4 N–H and O–H groups in total. The zero-order valence-electron chi connectivity index (χ0n) is 11.5. The molecule has 0 saturated carbocycles. The van der Waals surface area contributed by atoms with Gasteiger partial charge in [0.15, 0.2) is 0 Å². The van der Waals surface area contributed by atoms with Gasteiger partial charge >= 0.3 is 0 Å². The van der Waals surface area contributed by atoms with E-state index in [9.17, 15) is 0 Å². The molecule has 2 aromatic heterocycles. The predicted octanol–water partition coefficient (Wildman–Crippen LogP) is 1.85. The van der Waals surface area contributed by atoms with Crippen LogP contribution in [0.5, 0.6) is 0 Å². The lowest BCUT2D eigenvalue weighted by atomic mass is 10.2. The fourth-order valence-corrected chi connectivity index (χ4v) is 1.75.